The molecule has 1 aromatic carbocycles. The minimum absolute atomic E-state index is 0.0453. The maximum atomic E-state index is 12.2. The molecule has 1 aromatic heterocycles. The molecule has 0 radical (unpaired) electrons. The predicted octanol–water partition coefficient (Wildman–Crippen LogP) is 3.14. The normalized spacial score (nSPS) is 10.3. The first-order valence-corrected chi connectivity index (χ1v) is 7.10. The predicted molar refractivity (Wildman–Crippen MR) is 82.6 cm³/mol. The zero-order valence-corrected chi connectivity index (χ0v) is 13.1. The van der Waals surface area contributed by atoms with Gasteiger partial charge in [-0.25, -0.2) is 0 Å². The summed E-state index contributed by atoms with van der Waals surface area (Å²) < 4.78 is 6.08. The summed E-state index contributed by atoms with van der Waals surface area (Å²) in [6.45, 7) is 0.801. The molecule has 106 valence electrons. The van der Waals surface area contributed by atoms with Gasteiger partial charge in [0.2, 0.25) is 5.91 Å². The molecule has 2 aromatic rings. The summed E-state index contributed by atoms with van der Waals surface area (Å²) in [6.07, 6.45) is 0. The first kappa shape index (κ1) is 14.7. The van der Waals surface area contributed by atoms with Crippen LogP contribution in [-0.4, -0.2) is 31.4 Å². The Morgan fingerprint density at radius 2 is 1.85 bits per heavy atom. The van der Waals surface area contributed by atoms with Crippen molar-refractivity contribution in [3.8, 4) is 0 Å². The third-order valence-corrected chi connectivity index (χ3v) is 3.44. The van der Waals surface area contributed by atoms with Crippen LogP contribution in [0.5, 0.6) is 0 Å². The van der Waals surface area contributed by atoms with Gasteiger partial charge >= 0.3 is 0 Å². The van der Waals surface area contributed by atoms with E-state index in [1.807, 2.05) is 54.4 Å². The SMILES string of the molecule is CN(Cc1ccc(Br)o1)C(=O)CN(C)c1ccccc1. The molecule has 0 saturated heterocycles. The lowest BCUT2D eigenvalue weighted by Crippen LogP contribution is -2.36. The van der Waals surface area contributed by atoms with E-state index in [2.05, 4.69) is 15.9 Å². The lowest BCUT2D eigenvalue weighted by atomic mass is 10.3. The van der Waals surface area contributed by atoms with E-state index in [0.29, 0.717) is 17.8 Å². The van der Waals surface area contributed by atoms with Crippen LogP contribution in [-0.2, 0) is 11.3 Å². The van der Waals surface area contributed by atoms with Gasteiger partial charge in [-0.15, -0.1) is 0 Å². The number of furan rings is 1. The molecule has 1 heterocycles. The van der Waals surface area contributed by atoms with Crippen LogP contribution in [0.4, 0.5) is 5.69 Å². The van der Waals surface area contributed by atoms with Crippen molar-refractivity contribution in [2.24, 2.45) is 0 Å². The maximum Gasteiger partial charge on any atom is 0.242 e. The Balaban J connectivity index is 1.91. The molecule has 0 N–H and O–H groups in total. The summed E-state index contributed by atoms with van der Waals surface area (Å²) in [7, 11) is 3.68. The van der Waals surface area contributed by atoms with Crippen LogP contribution in [0, 0.1) is 0 Å². The number of para-hydroxylation sites is 1. The van der Waals surface area contributed by atoms with Crippen molar-refractivity contribution in [2.75, 3.05) is 25.5 Å². The van der Waals surface area contributed by atoms with E-state index in [1.54, 1.807) is 11.9 Å². The molecule has 0 spiro atoms. The smallest absolute Gasteiger partial charge is 0.242 e. The second-order valence-electron chi connectivity index (χ2n) is 4.65. The number of benzene rings is 1. The number of carbonyl (C=O) groups is 1. The standard InChI is InChI=1S/C15H17BrN2O2/c1-17(12-6-4-3-5-7-12)11-15(19)18(2)10-13-8-9-14(16)20-13/h3-9H,10-11H2,1-2H3. The summed E-state index contributed by atoms with van der Waals surface area (Å²) >= 11 is 3.25. The van der Waals surface area contributed by atoms with E-state index in [9.17, 15) is 4.79 Å². The number of carbonyl (C=O) groups excluding carboxylic acids is 1. The van der Waals surface area contributed by atoms with Crippen molar-refractivity contribution >= 4 is 27.5 Å². The summed E-state index contributed by atoms with van der Waals surface area (Å²) in [6, 6.07) is 13.5. The number of anilines is 1. The van der Waals surface area contributed by atoms with Crippen LogP contribution >= 0.6 is 15.9 Å². The fourth-order valence-corrected chi connectivity index (χ4v) is 2.20. The van der Waals surface area contributed by atoms with E-state index < -0.39 is 0 Å². The van der Waals surface area contributed by atoms with Gasteiger partial charge in [0.15, 0.2) is 4.67 Å². The van der Waals surface area contributed by atoms with Crippen LogP contribution in [0.25, 0.3) is 0 Å². The molecule has 0 unspecified atom stereocenters. The highest BCUT2D eigenvalue weighted by Gasteiger charge is 2.13. The zero-order valence-electron chi connectivity index (χ0n) is 11.5. The molecule has 2 rings (SSSR count). The van der Waals surface area contributed by atoms with E-state index in [1.165, 1.54) is 0 Å². The van der Waals surface area contributed by atoms with Crippen molar-refractivity contribution < 1.29 is 9.21 Å². The van der Waals surface area contributed by atoms with E-state index in [0.717, 1.165) is 11.4 Å². The molecule has 4 nitrogen and oxygen atoms in total. The molecule has 20 heavy (non-hydrogen) atoms. The Bertz CT molecular complexity index is 568. The molecular weight excluding hydrogens is 320 g/mol. The summed E-state index contributed by atoms with van der Waals surface area (Å²) in [5.74, 6) is 0.805. The number of hydrogen-bond acceptors (Lipinski definition) is 3. The quantitative estimate of drug-likeness (QED) is 0.841. The first-order chi connectivity index (χ1) is 9.56. The molecular formula is C15H17BrN2O2. The van der Waals surface area contributed by atoms with Gasteiger partial charge in [0.25, 0.3) is 0 Å². The van der Waals surface area contributed by atoms with E-state index >= 15 is 0 Å². The topological polar surface area (TPSA) is 36.7 Å². The van der Waals surface area contributed by atoms with Crippen LogP contribution < -0.4 is 4.90 Å². The minimum atomic E-state index is 0.0453. The fourth-order valence-electron chi connectivity index (χ4n) is 1.86. The number of likely N-dealkylation sites (N-methyl/N-ethyl adjacent to an activating group) is 2. The Hall–Kier alpha value is -1.75. The highest BCUT2D eigenvalue weighted by Crippen LogP contribution is 2.16. The molecule has 0 saturated carbocycles. The third-order valence-electron chi connectivity index (χ3n) is 3.02. The monoisotopic (exact) mass is 336 g/mol. The number of nitrogens with zero attached hydrogens (tertiary/aromatic N) is 2. The Morgan fingerprint density at radius 1 is 1.15 bits per heavy atom. The van der Waals surface area contributed by atoms with Crippen LogP contribution in [0.15, 0.2) is 51.6 Å². The molecule has 0 aliphatic heterocycles. The van der Waals surface area contributed by atoms with Gasteiger partial charge in [0.1, 0.15) is 5.76 Å². The molecule has 0 fully saturated rings. The van der Waals surface area contributed by atoms with Crippen molar-refractivity contribution in [1.82, 2.24) is 4.90 Å². The molecule has 0 bridgehead atoms. The van der Waals surface area contributed by atoms with Gasteiger partial charge in [0.05, 0.1) is 13.1 Å². The van der Waals surface area contributed by atoms with Crippen molar-refractivity contribution in [1.29, 1.82) is 0 Å². The third kappa shape index (κ3) is 3.87. The van der Waals surface area contributed by atoms with E-state index in [4.69, 9.17) is 4.42 Å². The molecule has 0 aliphatic rings. The lowest BCUT2D eigenvalue weighted by molar-refractivity contribution is -0.129. The van der Waals surface area contributed by atoms with Gasteiger partial charge in [0, 0.05) is 19.8 Å². The molecule has 0 aliphatic carbocycles. The average Bonchev–Trinajstić information content (AvgIpc) is 2.85. The highest BCUT2D eigenvalue weighted by molar-refractivity contribution is 9.10. The van der Waals surface area contributed by atoms with Gasteiger partial charge in [-0.3, -0.25) is 4.79 Å². The fraction of sp³-hybridized carbons (Fsp3) is 0.267. The lowest BCUT2D eigenvalue weighted by Gasteiger charge is -2.22. The Kier molecular flexibility index (Phi) is 4.84. The molecule has 5 heteroatoms. The molecule has 0 atom stereocenters. The van der Waals surface area contributed by atoms with Crippen molar-refractivity contribution in [3.05, 3.63) is 52.9 Å². The molecule has 1 amide bonds. The summed E-state index contributed by atoms with van der Waals surface area (Å²) in [4.78, 5) is 15.8. The van der Waals surface area contributed by atoms with E-state index in [-0.39, 0.29) is 5.91 Å². The Morgan fingerprint density at radius 3 is 2.45 bits per heavy atom. The summed E-state index contributed by atoms with van der Waals surface area (Å²) in [5.41, 5.74) is 1.02. The van der Waals surface area contributed by atoms with Crippen LogP contribution in [0.3, 0.4) is 0 Å². The van der Waals surface area contributed by atoms with Crippen LogP contribution in [0.2, 0.25) is 0 Å². The van der Waals surface area contributed by atoms with Gasteiger partial charge in [-0.05, 0) is 40.2 Å². The number of rotatable bonds is 5. The maximum absolute atomic E-state index is 12.2. The van der Waals surface area contributed by atoms with Crippen LogP contribution in [0.1, 0.15) is 5.76 Å². The van der Waals surface area contributed by atoms with Crippen molar-refractivity contribution in [3.63, 3.8) is 0 Å². The van der Waals surface area contributed by atoms with Gasteiger partial charge < -0.3 is 14.2 Å². The number of halogens is 1. The van der Waals surface area contributed by atoms with Crippen molar-refractivity contribution in [2.45, 2.75) is 6.54 Å². The second-order valence-corrected chi connectivity index (χ2v) is 5.43. The second kappa shape index (κ2) is 6.61. The number of hydrogen-bond donors (Lipinski definition) is 0. The minimum Gasteiger partial charge on any atom is -0.452 e. The van der Waals surface area contributed by atoms with Gasteiger partial charge in [-0.2, -0.15) is 0 Å². The average molecular weight is 337 g/mol. The first-order valence-electron chi connectivity index (χ1n) is 6.30. The summed E-state index contributed by atoms with van der Waals surface area (Å²) in [5, 5.41) is 0. The highest BCUT2D eigenvalue weighted by atomic mass is 79.9. The van der Waals surface area contributed by atoms with Gasteiger partial charge in [-0.1, -0.05) is 18.2 Å². The number of amides is 1. The zero-order chi connectivity index (χ0) is 14.5. The Labute approximate surface area is 127 Å². The largest absolute Gasteiger partial charge is 0.452 e.